The molecule has 3 heterocycles. The molecule has 0 saturated carbocycles. The third kappa shape index (κ3) is 5.29. The lowest BCUT2D eigenvalue weighted by molar-refractivity contribution is 1.07. The van der Waals surface area contributed by atoms with Crippen LogP contribution in [-0.2, 0) is 0 Å². The van der Waals surface area contributed by atoms with E-state index >= 15 is 0 Å². The van der Waals surface area contributed by atoms with Crippen molar-refractivity contribution in [3.8, 4) is 56.7 Å². The van der Waals surface area contributed by atoms with Gasteiger partial charge in [-0.1, -0.05) is 133 Å². The minimum absolute atomic E-state index is 0.628. The van der Waals surface area contributed by atoms with Gasteiger partial charge < -0.3 is 9.13 Å². The van der Waals surface area contributed by atoms with E-state index in [2.05, 4.69) is 173 Å². The number of fused-ring (bicyclic) bond motifs is 6. The normalized spacial score (nSPS) is 11.6. The predicted octanol–water partition coefficient (Wildman–Crippen LogP) is 12.7. The second-order valence-electron chi connectivity index (χ2n) is 14.1. The number of rotatable bonds is 6. The van der Waals surface area contributed by atoms with Crippen LogP contribution in [0.1, 0.15) is 0 Å². The maximum absolute atomic E-state index is 5.07. The van der Waals surface area contributed by atoms with Gasteiger partial charge in [0.15, 0.2) is 17.5 Å². The third-order valence-corrected chi connectivity index (χ3v) is 10.8. The van der Waals surface area contributed by atoms with E-state index in [0.717, 1.165) is 50.2 Å². The Kier molecular flexibility index (Phi) is 7.42. The van der Waals surface area contributed by atoms with Gasteiger partial charge in [-0.3, -0.25) is 0 Å². The summed E-state index contributed by atoms with van der Waals surface area (Å²) in [6.07, 6.45) is 0. The molecule has 11 rings (SSSR count). The number of hydrogen-bond acceptors (Lipinski definition) is 3. The highest BCUT2D eigenvalue weighted by Crippen LogP contribution is 2.37. The number of aromatic nitrogens is 5. The van der Waals surface area contributed by atoms with Crippen molar-refractivity contribution in [2.75, 3.05) is 0 Å². The summed E-state index contributed by atoms with van der Waals surface area (Å²) in [5.41, 5.74) is 12.0. The largest absolute Gasteiger partial charge is 0.309 e. The number of nitrogens with zero attached hydrogens (tertiary/aromatic N) is 5. The molecule has 0 aliphatic carbocycles. The highest BCUT2D eigenvalue weighted by Gasteiger charge is 2.18. The van der Waals surface area contributed by atoms with Gasteiger partial charge in [0.2, 0.25) is 0 Å². The van der Waals surface area contributed by atoms with E-state index in [1.54, 1.807) is 0 Å². The monoisotopic (exact) mass is 715 g/mol. The molecular weight excluding hydrogens is 683 g/mol. The summed E-state index contributed by atoms with van der Waals surface area (Å²) in [4.78, 5) is 15.1. The lowest BCUT2D eigenvalue weighted by Gasteiger charge is -2.12. The van der Waals surface area contributed by atoms with Crippen LogP contribution in [0, 0.1) is 0 Å². The first-order valence-corrected chi connectivity index (χ1v) is 18.9. The molecule has 0 spiro atoms. The van der Waals surface area contributed by atoms with Crippen LogP contribution in [0.2, 0.25) is 0 Å². The highest BCUT2D eigenvalue weighted by atomic mass is 15.0. The molecule has 0 unspecified atom stereocenters. The van der Waals surface area contributed by atoms with Crippen molar-refractivity contribution in [1.82, 2.24) is 24.1 Å². The molecule has 56 heavy (non-hydrogen) atoms. The van der Waals surface area contributed by atoms with Gasteiger partial charge in [0.1, 0.15) is 0 Å². The first-order valence-electron chi connectivity index (χ1n) is 18.9. The molecule has 0 aliphatic heterocycles. The maximum atomic E-state index is 5.07. The van der Waals surface area contributed by atoms with Gasteiger partial charge in [-0.2, -0.15) is 0 Å². The van der Waals surface area contributed by atoms with Crippen molar-refractivity contribution in [3.05, 3.63) is 200 Å². The van der Waals surface area contributed by atoms with Gasteiger partial charge in [-0.05, 0) is 77.9 Å². The molecule has 0 amide bonds. The van der Waals surface area contributed by atoms with Crippen LogP contribution in [0.3, 0.4) is 0 Å². The smallest absolute Gasteiger partial charge is 0.164 e. The van der Waals surface area contributed by atoms with Crippen molar-refractivity contribution < 1.29 is 0 Å². The number of para-hydroxylation sites is 3. The van der Waals surface area contributed by atoms with Crippen LogP contribution in [0.5, 0.6) is 0 Å². The Bertz CT molecular complexity index is 3180. The molecule has 0 saturated heterocycles. The molecule has 11 aromatic rings. The highest BCUT2D eigenvalue weighted by molar-refractivity contribution is 6.12. The number of benzene rings is 8. The molecular formula is C51H33N5. The van der Waals surface area contributed by atoms with Crippen molar-refractivity contribution >= 4 is 43.6 Å². The Morgan fingerprint density at radius 3 is 1.27 bits per heavy atom. The fourth-order valence-corrected chi connectivity index (χ4v) is 8.16. The molecule has 0 atom stereocenters. The van der Waals surface area contributed by atoms with E-state index in [0.29, 0.717) is 17.5 Å². The zero-order chi connectivity index (χ0) is 37.0. The standard InChI is InChI=1S/C51H33N5/c1-3-14-34(15-4-1)37-18-13-19-38(32-37)51-53-49(35-16-5-2-6-17-35)52-50(54-51)36-26-28-39(29-27-36)55-47-25-12-9-22-43(47)44-33-40(30-31-48(44)55)56-45-23-10-7-20-41(45)42-21-8-11-24-46(42)56/h1-33H. The van der Waals surface area contributed by atoms with E-state index in [-0.39, 0.29) is 0 Å². The maximum Gasteiger partial charge on any atom is 0.164 e. The van der Waals surface area contributed by atoms with Gasteiger partial charge in [0, 0.05) is 49.6 Å². The molecule has 0 N–H and O–H groups in total. The van der Waals surface area contributed by atoms with Gasteiger partial charge in [0.25, 0.3) is 0 Å². The van der Waals surface area contributed by atoms with E-state index in [1.807, 2.05) is 36.4 Å². The lowest BCUT2D eigenvalue weighted by Crippen LogP contribution is -2.00. The molecule has 5 heteroatoms. The second-order valence-corrected chi connectivity index (χ2v) is 14.1. The zero-order valence-electron chi connectivity index (χ0n) is 30.3. The lowest BCUT2D eigenvalue weighted by atomic mass is 10.0. The van der Waals surface area contributed by atoms with Gasteiger partial charge >= 0.3 is 0 Å². The first-order chi connectivity index (χ1) is 27.8. The fourth-order valence-electron chi connectivity index (χ4n) is 8.16. The van der Waals surface area contributed by atoms with E-state index in [1.165, 1.54) is 32.6 Å². The molecule has 8 aromatic carbocycles. The summed E-state index contributed by atoms with van der Waals surface area (Å²) in [7, 11) is 0. The van der Waals surface area contributed by atoms with Crippen molar-refractivity contribution in [3.63, 3.8) is 0 Å². The Labute approximate surface area is 323 Å². The number of hydrogen-bond donors (Lipinski definition) is 0. The second kappa shape index (κ2) is 13.0. The Hall–Kier alpha value is -7.63. The van der Waals surface area contributed by atoms with Crippen LogP contribution in [0.15, 0.2) is 200 Å². The Balaban J connectivity index is 1.03. The van der Waals surface area contributed by atoms with Crippen LogP contribution in [0.4, 0.5) is 0 Å². The molecule has 0 aliphatic rings. The average Bonchev–Trinajstić information content (AvgIpc) is 3.79. The van der Waals surface area contributed by atoms with E-state index < -0.39 is 0 Å². The summed E-state index contributed by atoms with van der Waals surface area (Å²) < 4.78 is 4.74. The van der Waals surface area contributed by atoms with Crippen LogP contribution in [-0.4, -0.2) is 24.1 Å². The third-order valence-electron chi connectivity index (χ3n) is 10.8. The van der Waals surface area contributed by atoms with Crippen molar-refractivity contribution in [2.45, 2.75) is 0 Å². The average molecular weight is 716 g/mol. The quantitative estimate of drug-likeness (QED) is 0.172. The van der Waals surface area contributed by atoms with Crippen molar-refractivity contribution in [2.24, 2.45) is 0 Å². The van der Waals surface area contributed by atoms with Gasteiger partial charge in [-0.25, -0.2) is 15.0 Å². The molecule has 0 radical (unpaired) electrons. The minimum Gasteiger partial charge on any atom is -0.309 e. The van der Waals surface area contributed by atoms with Crippen LogP contribution < -0.4 is 0 Å². The molecule has 0 bridgehead atoms. The first kappa shape index (κ1) is 31.9. The summed E-state index contributed by atoms with van der Waals surface area (Å²) in [5.74, 6) is 1.90. The molecule has 5 nitrogen and oxygen atoms in total. The topological polar surface area (TPSA) is 48.5 Å². The summed E-state index contributed by atoms with van der Waals surface area (Å²) in [6.45, 7) is 0. The van der Waals surface area contributed by atoms with Gasteiger partial charge in [-0.15, -0.1) is 0 Å². The molecule has 262 valence electrons. The van der Waals surface area contributed by atoms with E-state index in [4.69, 9.17) is 15.0 Å². The van der Waals surface area contributed by atoms with Crippen LogP contribution in [0.25, 0.3) is 100 Å². The van der Waals surface area contributed by atoms with Crippen molar-refractivity contribution in [1.29, 1.82) is 0 Å². The zero-order valence-corrected chi connectivity index (χ0v) is 30.3. The minimum atomic E-state index is 0.628. The summed E-state index contributed by atoms with van der Waals surface area (Å²) >= 11 is 0. The van der Waals surface area contributed by atoms with Crippen LogP contribution >= 0.6 is 0 Å². The summed E-state index contributed by atoms with van der Waals surface area (Å²) in [5, 5.41) is 4.93. The predicted molar refractivity (Wildman–Crippen MR) is 230 cm³/mol. The summed E-state index contributed by atoms with van der Waals surface area (Å²) in [6, 6.07) is 70.4. The molecule has 3 aromatic heterocycles. The fraction of sp³-hybridized carbons (Fsp3) is 0. The van der Waals surface area contributed by atoms with Gasteiger partial charge in [0.05, 0.1) is 22.1 Å². The Morgan fingerprint density at radius 1 is 0.250 bits per heavy atom. The molecule has 0 fully saturated rings. The van der Waals surface area contributed by atoms with E-state index in [9.17, 15) is 0 Å². The SMILES string of the molecule is c1ccc(-c2cccc(-c3nc(-c4ccccc4)nc(-c4ccc(-n5c6ccccc6c6cc(-n7c8ccccc8c8ccccc87)ccc65)cc4)n3)c2)cc1. The Morgan fingerprint density at radius 2 is 0.661 bits per heavy atom.